The van der Waals surface area contributed by atoms with Crippen LogP contribution in [-0.4, -0.2) is 19.1 Å². The van der Waals surface area contributed by atoms with Crippen molar-refractivity contribution in [2.75, 3.05) is 18.5 Å². The number of benzene rings is 1. The summed E-state index contributed by atoms with van der Waals surface area (Å²) in [7, 11) is 0. The van der Waals surface area contributed by atoms with Crippen LogP contribution in [0.3, 0.4) is 0 Å². The van der Waals surface area contributed by atoms with Crippen LogP contribution in [0.25, 0.3) is 0 Å². The van der Waals surface area contributed by atoms with E-state index in [1.165, 1.54) is 5.56 Å². The number of fused-ring (bicyclic) bond motifs is 1. The molecule has 2 rings (SSSR count). The van der Waals surface area contributed by atoms with Gasteiger partial charge >= 0.3 is 5.97 Å². The molecule has 1 heterocycles. The SMILES string of the molecule is CCCOC(=O)c1ccc2c(c1)CCCN2. The van der Waals surface area contributed by atoms with E-state index in [0.29, 0.717) is 12.2 Å². The van der Waals surface area contributed by atoms with E-state index >= 15 is 0 Å². The van der Waals surface area contributed by atoms with Crippen LogP contribution in [-0.2, 0) is 11.2 Å². The van der Waals surface area contributed by atoms with Crippen LogP contribution in [0.2, 0.25) is 0 Å². The van der Waals surface area contributed by atoms with Gasteiger partial charge in [0.1, 0.15) is 0 Å². The molecule has 0 unspecified atom stereocenters. The molecule has 86 valence electrons. The van der Waals surface area contributed by atoms with Crippen LogP contribution in [0.4, 0.5) is 5.69 Å². The highest BCUT2D eigenvalue weighted by Crippen LogP contribution is 2.23. The molecule has 0 saturated carbocycles. The maximum absolute atomic E-state index is 11.6. The van der Waals surface area contributed by atoms with Crippen molar-refractivity contribution in [3.05, 3.63) is 29.3 Å². The van der Waals surface area contributed by atoms with Gasteiger partial charge in [-0.15, -0.1) is 0 Å². The molecule has 1 aromatic carbocycles. The van der Waals surface area contributed by atoms with Crippen molar-refractivity contribution in [3.8, 4) is 0 Å². The Kier molecular flexibility index (Phi) is 3.44. The standard InChI is InChI=1S/C13H17NO2/c1-2-8-16-13(15)11-5-6-12-10(9-11)4-3-7-14-12/h5-6,9,14H,2-4,7-8H2,1H3. The normalized spacial score (nSPS) is 13.8. The third kappa shape index (κ3) is 2.35. The molecular formula is C13H17NO2. The molecule has 3 heteroatoms. The van der Waals surface area contributed by atoms with E-state index in [1.807, 2.05) is 25.1 Å². The van der Waals surface area contributed by atoms with Crippen LogP contribution in [0.1, 0.15) is 35.7 Å². The molecule has 0 radical (unpaired) electrons. The lowest BCUT2D eigenvalue weighted by molar-refractivity contribution is 0.0505. The summed E-state index contributed by atoms with van der Waals surface area (Å²) in [5, 5.41) is 3.32. The summed E-state index contributed by atoms with van der Waals surface area (Å²) in [6.07, 6.45) is 3.02. The molecule has 0 fully saturated rings. The number of anilines is 1. The van der Waals surface area contributed by atoms with Gasteiger partial charge in [-0.05, 0) is 43.0 Å². The average Bonchev–Trinajstić information content (AvgIpc) is 2.35. The Labute approximate surface area is 95.8 Å². The lowest BCUT2D eigenvalue weighted by Crippen LogP contribution is -2.13. The molecule has 1 aliphatic rings. The average molecular weight is 219 g/mol. The first-order valence-electron chi connectivity index (χ1n) is 5.85. The number of aryl methyl sites for hydroxylation is 1. The van der Waals surface area contributed by atoms with Gasteiger partial charge in [-0.3, -0.25) is 0 Å². The Hall–Kier alpha value is -1.51. The molecule has 0 aliphatic carbocycles. The van der Waals surface area contributed by atoms with Crippen LogP contribution >= 0.6 is 0 Å². The minimum Gasteiger partial charge on any atom is -0.462 e. The van der Waals surface area contributed by atoms with Crippen molar-refractivity contribution in [1.82, 2.24) is 0 Å². The Balaban J connectivity index is 2.13. The van der Waals surface area contributed by atoms with E-state index in [9.17, 15) is 4.79 Å². The predicted molar refractivity (Wildman–Crippen MR) is 63.8 cm³/mol. The van der Waals surface area contributed by atoms with Gasteiger partial charge in [0.2, 0.25) is 0 Å². The summed E-state index contributed by atoms with van der Waals surface area (Å²) in [6, 6.07) is 5.74. The quantitative estimate of drug-likeness (QED) is 0.794. The largest absolute Gasteiger partial charge is 0.462 e. The number of hydrogen-bond acceptors (Lipinski definition) is 3. The number of nitrogens with one attached hydrogen (secondary N) is 1. The maximum Gasteiger partial charge on any atom is 0.338 e. The van der Waals surface area contributed by atoms with Gasteiger partial charge in [0, 0.05) is 12.2 Å². The molecular weight excluding hydrogens is 202 g/mol. The van der Waals surface area contributed by atoms with Gasteiger partial charge in [0.05, 0.1) is 12.2 Å². The zero-order valence-corrected chi connectivity index (χ0v) is 9.58. The second kappa shape index (κ2) is 5.01. The Bertz CT molecular complexity index is 388. The summed E-state index contributed by atoms with van der Waals surface area (Å²) in [4.78, 5) is 11.6. The first-order valence-corrected chi connectivity index (χ1v) is 5.85. The van der Waals surface area contributed by atoms with Gasteiger partial charge in [-0.1, -0.05) is 6.92 Å². The summed E-state index contributed by atoms with van der Waals surface area (Å²) >= 11 is 0. The highest BCUT2D eigenvalue weighted by Gasteiger charge is 2.12. The van der Waals surface area contributed by atoms with E-state index < -0.39 is 0 Å². The second-order valence-corrected chi connectivity index (χ2v) is 4.04. The third-order valence-electron chi connectivity index (χ3n) is 2.72. The number of carbonyl (C=O) groups excluding carboxylic acids is 1. The zero-order valence-electron chi connectivity index (χ0n) is 9.58. The molecule has 1 aromatic rings. The highest BCUT2D eigenvalue weighted by molar-refractivity contribution is 5.90. The van der Waals surface area contributed by atoms with Crippen molar-refractivity contribution in [2.24, 2.45) is 0 Å². The van der Waals surface area contributed by atoms with E-state index in [0.717, 1.165) is 31.5 Å². The molecule has 0 amide bonds. The van der Waals surface area contributed by atoms with E-state index in [1.54, 1.807) is 0 Å². The predicted octanol–water partition coefficient (Wildman–Crippen LogP) is 2.61. The highest BCUT2D eigenvalue weighted by atomic mass is 16.5. The smallest absolute Gasteiger partial charge is 0.338 e. The third-order valence-corrected chi connectivity index (χ3v) is 2.72. The van der Waals surface area contributed by atoms with Crippen molar-refractivity contribution in [3.63, 3.8) is 0 Å². The number of rotatable bonds is 3. The van der Waals surface area contributed by atoms with E-state index in [-0.39, 0.29) is 5.97 Å². The summed E-state index contributed by atoms with van der Waals surface area (Å²) in [5.41, 5.74) is 3.03. The molecule has 0 atom stereocenters. The molecule has 0 spiro atoms. The summed E-state index contributed by atoms with van der Waals surface area (Å²) in [6.45, 7) is 3.50. The zero-order chi connectivity index (χ0) is 11.4. The number of ether oxygens (including phenoxy) is 1. The van der Waals surface area contributed by atoms with Gasteiger partial charge in [-0.2, -0.15) is 0 Å². The van der Waals surface area contributed by atoms with Crippen LogP contribution < -0.4 is 5.32 Å². The molecule has 0 saturated heterocycles. The lowest BCUT2D eigenvalue weighted by Gasteiger charge is -2.18. The van der Waals surface area contributed by atoms with Crippen molar-refractivity contribution in [2.45, 2.75) is 26.2 Å². The fourth-order valence-corrected chi connectivity index (χ4v) is 1.88. The fraction of sp³-hybridized carbons (Fsp3) is 0.462. The topological polar surface area (TPSA) is 38.3 Å². The minimum absolute atomic E-state index is 0.213. The maximum atomic E-state index is 11.6. The van der Waals surface area contributed by atoms with Crippen LogP contribution in [0, 0.1) is 0 Å². The Morgan fingerprint density at radius 1 is 1.50 bits per heavy atom. The number of hydrogen-bond donors (Lipinski definition) is 1. The summed E-state index contributed by atoms with van der Waals surface area (Å²) < 4.78 is 5.11. The molecule has 0 bridgehead atoms. The van der Waals surface area contributed by atoms with Crippen molar-refractivity contribution >= 4 is 11.7 Å². The molecule has 0 aromatic heterocycles. The first kappa shape index (κ1) is 11.0. The fourth-order valence-electron chi connectivity index (χ4n) is 1.88. The lowest BCUT2D eigenvalue weighted by atomic mass is 10.0. The van der Waals surface area contributed by atoms with Gasteiger partial charge in [-0.25, -0.2) is 4.79 Å². The second-order valence-electron chi connectivity index (χ2n) is 4.04. The van der Waals surface area contributed by atoms with Crippen LogP contribution in [0.15, 0.2) is 18.2 Å². The monoisotopic (exact) mass is 219 g/mol. The van der Waals surface area contributed by atoms with Gasteiger partial charge in [0.25, 0.3) is 0 Å². The molecule has 3 nitrogen and oxygen atoms in total. The first-order chi connectivity index (χ1) is 7.81. The van der Waals surface area contributed by atoms with Crippen molar-refractivity contribution < 1.29 is 9.53 Å². The van der Waals surface area contributed by atoms with E-state index in [4.69, 9.17) is 4.74 Å². The Morgan fingerprint density at radius 2 is 2.38 bits per heavy atom. The molecule has 1 aliphatic heterocycles. The number of esters is 1. The Morgan fingerprint density at radius 3 is 3.19 bits per heavy atom. The van der Waals surface area contributed by atoms with Crippen molar-refractivity contribution in [1.29, 1.82) is 0 Å². The number of carbonyl (C=O) groups is 1. The minimum atomic E-state index is -0.213. The van der Waals surface area contributed by atoms with Gasteiger partial charge < -0.3 is 10.1 Å². The summed E-state index contributed by atoms with van der Waals surface area (Å²) in [5.74, 6) is -0.213. The molecule has 1 N–H and O–H groups in total. The van der Waals surface area contributed by atoms with Gasteiger partial charge in [0.15, 0.2) is 0 Å². The van der Waals surface area contributed by atoms with Crippen LogP contribution in [0.5, 0.6) is 0 Å². The molecule has 16 heavy (non-hydrogen) atoms. The van der Waals surface area contributed by atoms with E-state index in [2.05, 4.69) is 5.32 Å².